The number of nitrogens with zero attached hydrogens (tertiary/aromatic N) is 2. The van der Waals surface area contributed by atoms with Gasteiger partial charge in [0.25, 0.3) is 0 Å². The van der Waals surface area contributed by atoms with Gasteiger partial charge in [-0.1, -0.05) is 12.1 Å². The van der Waals surface area contributed by atoms with Crippen molar-refractivity contribution in [2.75, 3.05) is 6.54 Å². The van der Waals surface area contributed by atoms with Crippen molar-refractivity contribution in [1.29, 1.82) is 0 Å². The molecule has 17 heavy (non-hydrogen) atoms. The number of aliphatic imine (C=N–C) groups is 2. The van der Waals surface area contributed by atoms with Crippen LogP contribution in [0.1, 0.15) is 5.56 Å². The van der Waals surface area contributed by atoms with Gasteiger partial charge in [-0.15, -0.1) is 12.4 Å². The molecule has 94 valence electrons. The van der Waals surface area contributed by atoms with Gasteiger partial charge in [0.05, 0.1) is 0 Å². The summed E-state index contributed by atoms with van der Waals surface area (Å²) in [6, 6.07) is 6.89. The predicted octanol–water partition coefficient (Wildman–Crippen LogP) is -0.0554. The SMILES string of the molecule is Cl.NC(N)=NC(N)=NCCc1ccc(O)cc1. The molecule has 0 atom stereocenters. The van der Waals surface area contributed by atoms with Crippen molar-refractivity contribution >= 4 is 24.3 Å². The highest BCUT2D eigenvalue weighted by atomic mass is 35.5. The molecule has 0 bridgehead atoms. The number of hydrogen-bond acceptors (Lipinski definition) is 2. The number of rotatable bonds is 3. The molecule has 1 aromatic carbocycles. The van der Waals surface area contributed by atoms with Crippen LogP contribution in [0.3, 0.4) is 0 Å². The van der Waals surface area contributed by atoms with Gasteiger partial charge in [0.15, 0.2) is 5.96 Å². The zero-order chi connectivity index (χ0) is 12.0. The Morgan fingerprint density at radius 2 is 1.71 bits per heavy atom. The molecule has 0 unspecified atom stereocenters. The highest BCUT2D eigenvalue weighted by Gasteiger charge is 1.93. The van der Waals surface area contributed by atoms with Crippen molar-refractivity contribution in [3.63, 3.8) is 0 Å². The minimum Gasteiger partial charge on any atom is -0.508 e. The molecule has 7 heteroatoms. The van der Waals surface area contributed by atoms with Crippen LogP contribution in [0.2, 0.25) is 0 Å². The Morgan fingerprint density at radius 3 is 2.24 bits per heavy atom. The molecular weight excluding hydrogens is 242 g/mol. The first-order valence-electron chi connectivity index (χ1n) is 4.75. The van der Waals surface area contributed by atoms with Crippen molar-refractivity contribution < 1.29 is 5.11 Å². The van der Waals surface area contributed by atoms with Crippen molar-refractivity contribution in [2.45, 2.75) is 6.42 Å². The van der Waals surface area contributed by atoms with Gasteiger partial charge in [0.2, 0.25) is 5.96 Å². The molecule has 0 spiro atoms. The average molecular weight is 258 g/mol. The Labute approximate surface area is 106 Å². The monoisotopic (exact) mass is 257 g/mol. The lowest BCUT2D eigenvalue weighted by atomic mass is 10.1. The molecule has 0 aliphatic heterocycles. The minimum absolute atomic E-state index is 0. The quantitative estimate of drug-likeness (QED) is 0.448. The third kappa shape index (κ3) is 6.26. The van der Waals surface area contributed by atoms with Gasteiger partial charge in [-0.3, -0.25) is 4.99 Å². The van der Waals surface area contributed by atoms with Crippen molar-refractivity contribution in [3.05, 3.63) is 29.8 Å². The van der Waals surface area contributed by atoms with Crippen LogP contribution in [-0.4, -0.2) is 23.6 Å². The highest BCUT2D eigenvalue weighted by molar-refractivity contribution is 5.92. The highest BCUT2D eigenvalue weighted by Crippen LogP contribution is 2.09. The topological polar surface area (TPSA) is 123 Å². The fraction of sp³-hybridized carbons (Fsp3) is 0.200. The second-order valence-electron chi connectivity index (χ2n) is 3.19. The Morgan fingerprint density at radius 1 is 1.12 bits per heavy atom. The van der Waals surface area contributed by atoms with Gasteiger partial charge in [0, 0.05) is 6.54 Å². The average Bonchev–Trinajstić information content (AvgIpc) is 2.20. The zero-order valence-corrected chi connectivity index (χ0v) is 10.0. The van der Waals surface area contributed by atoms with E-state index in [-0.39, 0.29) is 30.1 Å². The lowest BCUT2D eigenvalue weighted by Crippen LogP contribution is -2.26. The molecule has 0 aliphatic carbocycles. The molecule has 6 nitrogen and oxygen atoms in total. The van der Waals surface area contributed by atoms with E-state index in [9.17, 15) is 0 Å². The number of hydrogen-bond donors (Lipinski definition) is 4. The Hall–Kier alpha value is -1.95. The van der Waals surface area contributed by atoms with Crippen LogP contribution >= 0.6 is 12.4 Å². The number of guanidine groups is 2. The normalized spacial score (nSPS) is 10.5. The molecule has 0 aromatic heterocycles. The zero-order valence-electron chi connectivity index (χ0n) is 9.21. The van der Waals surface area contributed by atoms with E-state index < -0.39 is 0 Å². The molecule has 1 aromatic rings. The van der Waals surface area contributed by atoms with Crippen LogP contribution in [0.4, 0.5) is 0 Å². The van der Waals surface area contributed by atoms with Gasteiger partial charge < -0.3 is 22.3 Å². The summed E-state index contributed by atoms with van der Waals surface area (Å²) in [4.78, 5) is 7.55. The van der Waals surface area contributed by atoms with Crippen LogP contribution in [0.25, 0.3) is 0 Å². The summed E-state index contributed by atoms with van der Waals surface area (Å²) in [6.45, 7) is 0.493. The van der Waals surface area contributed by atoms with Crippen LogP contribution in [0, 0.1) is 0 Å². The number of benzene rings is 1. The smallest absolute Gasteiger partial charge is 0.218 e. The fourth-order valence-electron chi connectivity index (χ4n) is 1.13. The molecule has 0 fully saturated rings. The van der Waals surface area contributed by atoms with E-state index in [2.05, 4.69) is 9.98 Å². The third-order valence-electron chi connectivity index (χ3n) is 1.85. The molecule has 0 heterocycles. The van der Waals surface area contributed by atoms with E-state index in [1.807, 2.05) is 12.1 Å². The maximum atomic E-state index is 9.08. The summed E-state index contributed by atoms with van der Waals surface area (Å²) < 4.78 is 0. The van der Waals surface area contributed by atoms with Crippen molar-refractivity contribution in [1.82, 2.24) is 0 Å². The molecule has 0 saturated carbocycles. The molecule has 0 amide bonds. The van der Waals surface area contributed by atoms with E-state index in [1.165, 1.54) is 0 Å². The fourth-order valence-corrected chi connectivity index (χ4v) is 1.13. The molecule has 0 radical (unpaired) electrons. The van der Waals surface area contributed by atoms with Crippen LogP contribution < -0.4 is 17.2 Å². The molecular formula is C10H16ClN5O. The van der Waals surface area contributed by atoms with E-state index >= 15 is 0 Å². The lowest BCUT2D eigenvalue weighted by Gasteiger charge is -1.99. The lowest BCUT2D eigenvalue weighted by molar-refractivity contribution is 0.475. The summed E-state index contributed by atoms with van der Waals surface area (Å²) in [5.74, 6) is 0.205. The Bertz CT molecular complexity index is 398. The van der Waals surface area contributed by atoms with Gasteiger partial charge in [0.1, 0.15) is 5.75 Å². The summed E-state index contributed by atoms with van der Waals surface area (Å²) in [6.07, 6.45) is 0.709. The second-order valence-corrected chi connectivity index (χ2v) is 3.19. The maximum absolute atomic E-state index is 9.08. The standard InChI is InChI=1S/C10H15N5O.ClH/c11-9(12)15-10(13)14-6-5-7-1-3-8(16)4-2-7;/h1-4,16H,5-6H2,(H6,11,12,13,14,15);1H. The number of aromatic hydroxyl groups is 1. The summed E-state index contributed by atoms with van der Waals surface area (Å²) >= 11 is 0. The van der Waals surface area contributed by atoms with E-state index in [4.69, 9.17) is 22.3 Å². The Balaban J connectivity index is 0.00000256. The molecule has 0 aliphatic rings. The van der Waals surface area contributed by atoms with Gasteiger partial charge in [-0.25, -0.2) is 0 Å². The molecule has 0 saturated heterocycles. The largest absolute Gasteiger partial charge is 0.508 e. The van der Waals surface area contributed by atoms with Crippen molar-refractivity contribution in [3.8, 4) is 5.75 Å². The molecule has 1 rings (SSSR count). The maximum Gasteiger partial charge on any atom is 0.218 e. The van der Waals surface area contributed by atoms with Gasteiger partial charge >= 0.3 is 0 Å². The van der Waals surface area contributed by atoms with Crippen LogP contribution in [0.15, 0.2) is 34.3 Å². The number of halogens is 1. The van der Waals surface area contributed by atoms with Gasteiger partial charge in [-0.05, 0) is 24.1 Å². The first-order chi connectivity index (χ1) is 7.58. The number of phenolic OH excluding ortho intramolecular Hbond substituents is 1. The van der Waals surface area contributed by atoms with Crippen LogP contribution in [0.5, 0.6) is 5.75 Å². The van der Waals surface area contributed by atoms with Gasteiger partial charge in [-0.2, -0.15) is 4.99 Å². The first-order valence-corrected chi connectivity index (χ1v) is 4.75. The minimum atomic E-state index is -0.106. The Kier molecular flexibility index (Phi) is 6.50. The summed E-state index contributed by atoms with van der Waals surface area (Å²) in [5, 5.41) is 9.08. The first kappa shape index (κ1) is 15.0. The van der Waals surface area contributed by atoms with Crippen molar-refractivity contribution in [2.24, 2.45) is 27.2 Å². The summed E-state index contributed by atoms with van der Waals surface area (Å²) in [5.41, 5.74) is 16.7. The van der Waals surface area contributed by atoms with E-state index in [1.54, 1.807) is 12.1 Å². The predicted molar refractivity (Wildman–Crippen MR) is 71.4 cm³/mol. The molecule has 7 N–H and O–H groups in total. The van der Waals surface area contributed by atoms with E-state index in [0.29, 0.717) is 13.0 Å². The number of phenols is 1. The summed E-state index contributed by atoms with van der Waals surface area (Å²) in [7, 11) is 0. The van der Waals surface area contributed by atoms with E-state index in [0.717, 1.165) is 5.56 Å². The number of nitrogens with two attached hydrogens (primary N) is 3. The third-order valence-corrected chi connectivity index (χ3v) is 1.85. The van der Waals surface area contributed by atoms with Crippen LogP contribution in [-0.2, 0) is 6.42 Å². The second kappa shape index (κ2) is 7.34.